The summed E-state index contributed by atoms with van der Waals surface area (Å²) in [6.45, 7) is 2.84. The maximum Gasteiger partial charge on any atom is 0.220 e. The second-order valence-electron chi connectivity index (χ2n) is 18.7. The number of nitrogens with one attached hydrogen (secondary N) is 1. The number of allylic oxidation sites excluding steroid dienone is 2. The number of aliphatic hydroxyl groups excluding tert-OH is 8. The molecule has 378 valence electrons. The molecule has 0 saturated carbocycles. The quantitative estimate of drug-likeness (QED) is 0.0229. The van der Waals surface area contributed by atoms with Crippen LogP contribution in [-0.2, 0) is 23.7 Å². The molecule has 1 amide bonds. The summed E-state index contributed by atoms with van der Waals surface area (Å²) < 4.78 is 22.7. The van der Waals surface area contributed by atoms with Crippen molar-refractivity contribution < 1.29 is 64.6 Å². The Balaban J connectivity index is 1.83. The normalized spacial score (nSPS) is 27.3. The predicted molar refractivity (Wildman–Crippen MR) is 249 cm³/mol. The standard InChI is InChI=1S/C50H95NO13/c1-3-5-7-9-11-13-15-17-19-20-21-23-25-27-29-31-33-39(54)38(51-42(55)34-32-30-28-26-24-22-18-16-14-12-10-8-6-4-2)37-61-49-47(60)45(58)48(41(36-53)63-49)64-50-46(59)44(57)43(56)40(35-52)62-50/h16,18,38-41,43-50,52-54,56-60H,3-15,17,19-37H2,1-2H3,(H,51,55)/b18-16-. The Bertz CT molecular complexity index is 1130. The van der Waals surface area contributed by atoms with Gasteiger partial charge in [0.2, 0.25) is 5.91 Å². The summed E-state index contributed by atoms with van der Waals surface area (Å²) in [4.78, 5) is 13.2. The summed E-state index contributed by atoms with van der Waals surface area (Å²) in [7, 11) is 0. The Morgan fingerprint density at radius 3 is 1.48 bits per heavy atom. The average molecular weight is 918 g/mol. The van der Waals surface area contributed by atoms with Gasteiger partial charge >= 0.3 is 0 Å². The predicted octanol–water partition coefficient (Wildman–Crippen LogP) is 6.77. The van der Waals surface area contributed by atoms with Gasteiger partial charge in [-0.1, -0.05) is 174 Å². The SMILES string of the molecule is CCCCCCC/C=C\CCCCCCCC(=O)NC(COC1OC(CO)C(OC2OC(CO)C(O)C(O)C2O)C(O)C1O)C(O)CCCCCCCCCCCCCCCCCC. The number of carbonyl (C=O) groups excluding carboxylic acids is 1. The molecule has 12 unspecified atom stereocenters. The summed E-state index contributed by atoms with van der Waals surface area (Å²) in [6.07, 6.45) is 22.1. The van der Waals surface area contributed by atoms with E-state index in [1.807, 2.05) is 0 Å². The van der Waals surface area contributed by atoms with Crippen LogP contribution in [0.4, 0.5) is 0 Å². The first kappa shape index (κ1) is 58.9. The van der Waals surface area contributed by atoms with Crippen molar-refractivity contribution in [2.45, 2.75) is 280 Å². The number of aliphatic hydroxyl groups is 8. The van der Waals surface area contributed by atoms with Crippen LogP contribution < -0.4 is 5.32 Å². The monoisotopic (exact) mass is 918 g/mol. The zero-order valence-electron chi connectivity index (χ0n) is 40.0. The van der Waals surface area contributed by atoms with E-state index in [1.165, 1.54) is 109 Å². The number of ether oxygens (including phenoxy) is 4. The van der Waals surface area contributed by atoms with Crippen molar-refractivity contribution in [3.05, 3.63) is 12.2 Å². The highest BCUT2D eigenvalue weighted by Gasteiger charge is 2.51. The summed E-state index contributed by atoms with van der Waals surface area (Å²) >= 11 is 0. The number of carbonyl (C=O) groups is 1. The largest absolute Gasteiger partial charge is 0.394 e. The molecule has 0 radical (unpaired) electrons. The molecule has 2 saturated heterocycles. The molecule has 64 heavy (non-hydrogen) atoms. The van der Waals surface area contributed by atoms with Crippen LogP contribution in [0.25, 0.3) is 0 Å². The Labute approximate surface area is 386 Å². The van der Waals surface area contributed by atoms with Gasteiger partial charge in [0.25, 0.3) is 0 Å². The van der Waals surface area contributed by atoms with Crippen LogP contribution in [0.15, 0.2) is 12.2 Å². The van der Waals surface area contributed by atoms with E-state index in [4.69, 9.17) is 18.9 Å². The van der Waals surface area contributed by atoms with E-state index in [1.54, 1.807) is 0 Å². The van der Waals surface area contributed by atoms with Gasteiger partial charge in [0.1, 0.15) is 48.8 Å². The molecule has 2 aliphatic rings. The number of unbranched alkanes of at least 4 members (excludes halogenated alkanes) is 25. The lowest BCUT2D eigenvalue weighted by Gasteiger charge is -2.46. The van der Waals surface area contributed by atoms with E-state index in [0.717, 1.165) is 64.2 Å². The van der Waals surface area contributed by atoms with E-state index in [-0.39, 0.29) is 12.5 Å². The molecule has 0 aromatic carbocycles. The molecule has 0 aliphatic carbocycles. The Hall–Kier alpha value is -1.27. The maximum atomic E-state index is 13.2. The molecule has 14 nitrogen and oxygen atoms in total. The molecule has 0 aromatic heterocycles. The molecule has 2 heterocycles. The van der Waals surface area contributed by atoms with Gasteiger partial charge in [-0.05, 0) is 38.5 Å². The van der Waals surface area contributed by atoms with Crippen molar-refractivity contribution >= 4 is 5.91 Å². The average Bonchev–Trinajstić information content (AvgIpc) is 3.29. The lowest BCUT2D eigenvalue weighted by atomic mass is 9.97. The third kappa shape index (κ3) is 24.7. The van der Waals surface area contributed by atoms with Crippen LogP contribution in [0.2, 0.25) is 0 Å². The van der Waals surface area contributed by atoms with Crippen molar-refractivity contribution in [3.63, 3.8) is 0 Å². The van der Waals surface area contributed by atoms with Gasteiger partial charge in [0, 0.05) is 6.42 Å². The minimum absolute atomic E-state index is 0.215. The summed E-state index contributed by atoms with van der Waals surface area (Å²) in [6, 6.07) is -0.828. The first-order valence-corrected chi connectivity index (χ1v) is 25.9. The van der Waals surface area contributed by atoms with Crippen LogP contribution in [-0.4, -0.2) is 140 Å². The van der Waals surface area contributed by atoms with Crippen LogP contribution >= 0.6 is 0 Å². The molecule has 14 heteroatoms. The topological polar surface area (TPSA) is 228 Å². The highest BCUT2D eigenvalue weighted by atomic mass is 16.7. The fourth-order valence-electron chi connectivity index (χ4n) is 8.70. The van der Waals surface area contributed by atoms with Crippen LogP contribution in [0, 0.1) is 0 Å². The fourth-order valence-corrected chi connectivity index (χ4v) is 8.70. The smallest absolute Gasteiger partial charge is 0.220 e. The lowest BCUT2D eigenvalue weighted by Crippen LogP contribution is -2.65. The van der Waals surface area contributed by atoms with E-state index >= 15 is 0 Å². The highest BCUT2D eigenvalue weighted by Crippen LogP contribution is 2.30. The molecule has 2 aliphatic heterocycles. The fraction of sp³-hybridized carbons (Fsp3) is 0.940. The van der Waals surface area contributed by atoms with E-state index in [9.17, 15) is 45.6 Å². The number of hydrogen-bond donors (Lipinski definition) is 9. The molecular formula is C50H95NO13. The van der Waals surface area contributed by atoms with E-state index in [2.05, 4.69) is 31.3 Å². The minimum atomic E-state index is -1.78. The van der Waals surface area contributed by atoms with Gasteiger partial charge in [0.05, 0.1) is 32.0 Å². The van der Waals surface area contributed by atoms with Crippen molar-refractivity contribution in [2.24, 2.45) is 0 Å². The Morgan fingerprint density at radius 2 is 0.984 bits per heavy atom. The van der Waals surface area contributed by atoms with Gasteiger partial charge in [-0.3, -0.25) is 4.79 Å². The van der Waals surface area contributed by atoms with Gasteiger partial charge in [0.15, 0.2) is 12.6 Å². The zero-order valence-corrected chi connectivity index (χ0v) is 40.0. The van der Waals surface area contributed by atoms with Gasteiger partial charge in [-0.25, -0.2) is 0 Å². The third-order valence-corrected chi connectivity index (χ3v) is 13.0. The molecular weight excluding hydrogens is 823 g/mol. The summed E-state index contributed by atoms with van der Waals surface area (Å²) in [5, 5.41) is 86.9. The van der Waals surface area contributed by atoms with Gasteiger partial charge in [-0.15, -0.1) is 0 Å². The number of rotatable bonds is 40. The molecule has 2 rings (SSSR count). The van der Waals surface area contributed by atoms with Crippen LogP contribution in [0.1, 0.15) is 206 Å². The van der Waals surface area contributed by atoms with Crippen LogP contribution in [0.5, 0.6) is 0 Å². The van der Waals surface area contributed by atoms with Crippen molar-refractivity contribution in [2.75, 3.05) is 19.8 Å². The second kappa shape index (κ2) is 37.7. The molecule has 12 atom stereocenters. The third-order valence-electron chi connectivity index (χ3n) is 13.0. The zero-order chi connectivity index (χ0) is 46.8. The molecule has 0 spiro atoms. The van der Waals surface area contributed by atoms with Crippen LogP contribution in [0.3, 0.4) is 0 Å². The highest BCUT2D eigenvalue weighted by molar-refractivity contribution is 5.76. The molecule has 0 bridgehead atoms. The molecule has 0 aromatic rings. The minimum Gasteiger partial charge on any atom is -0.394 e. The number of hydrogen-bond acceptors (Lipinski definition) is 13. The van der Waals surface area contributed by atoms with Crippen molar-refractivity contribution in [1.82, 2.24) is 5.32 Å². The first-order valence-electron chi connectivity index (χ1n) is 25.9. The molecule has 9 N–H and O–H groups in total. The second-order valence-corrected chi connectivity index (χ2v) is 18.7. The lowest BCUT2D eigenvalue weighted by molar-refractivity contribution is -0.359. The first-order chi connectivity index (χ1) is 31.1. The summed E-state index contributed by atoms with van der Waals surface area (Å²) in [5.41, 5.74) is 0. The van der Waals surface area contributed by atoms with Crippen molar-refractivity contribution in [1.29, 1.82) is 0 Å². The maximum absolute atomic E-state index is 13.2. The Morgan fingerprint density at radius 1 is 0.547 bits per heavy atom. The van der Waals surface area contributed by atoms with Gasteiger partial charge in [-0.2, -0.15) is 0 Å². The number of amides is 1. The van der Waals surface area contributed by atoms with E-state index in [0.29, 0.717) is 19.3 Å². The molecule has 2 fully saturated rings. The summed E-state index contributed by atoms with van der Waals surface area (Å²) in [5.74, 6) is -0.215. The van der Waals surface area contributed by atoms with E-state index < -0.39 is 86.8 Å². The Kier molecular flexibility index (Phi) is 34.7. The van der Waals surface area contributed by atoms with Gasteiger partial charge < -0.3 is 65.1 Å². The van der Waals surface area contributed by atoms with Crippen molar-refractivity contribution in [3.8, 4) is 0 Å².